The van der Waals surface area contributed by atoms with Gasteiger partial charge in [0, 0.05) is 29.6 Å². The summed E-state index contributed by atoms with van der Waals surface area (Å²) in [7, 11) is 4.25. The quantitative estimate of drug-likeness (QED) is 0.869. The van der Waals surface area contributed by atoms with E-state index in [-0.39, 0.29) is 0 Å². The molecule has 1 fully saturated rings. The second kappa shape index (κ2) is 5.94. The van der Waals surface area contributed by atoms with Crippen molar-refractivity contribution in [1.29, 1.82) is 0 Å². The van der Waals surface area contributed by atoms with Gasteiger partial charge in [0.25, 0.3) is 0 Å². The third-order valence-electron chi connectivity index (χ3n) is 3.68. The first kappa shape index (κ1) is 13.0. The Morgan fingerprint density at radius 1 is 1.65 bits per heavy atom. The molecule has 96 valence electrons. The third-order valence-corrected chi connectivity index (χ3v) is 4.73. The lowest BCUT2D eigenvalue weighted by molar-refractivity contribution is 0.309. The minimum atomic E-state index is 0.539. The molecular formula is C13H23N3S. The molecule has 0 saturated carbocycles. The van der Waals surface area contributed by atoms with Crippen LogP contribution in [0.1, 0.15) is 29.7 Å². The van der Waals surface area contributed by atoms with E-state index in [1.54, 1.807) is 0 Å². The topological polar surface area (TPSA) is 28.2 Å². The van der Waals surface area contributed by atoms with E-state index in [4.69, 9.17) is 0 Å². The van der Waals surface area contributed by atoms with Gasteiger partial charge in [0.1, 0.15) is 0 Å². The van der Waals surface area contributed by atoms with Crippen LogP contribution >= 0.6 is 11.3 Å². The summed E-state index contributed by atoms with van der Waals surface area (Å²) in [6.07, 6.45) is 6.96. The summed E-state index contributed by atoms with van der Waals surface area (Å²) in [6.45, 7) is 3.46. The van der Waals surface area contributed by atoms with Crippen molar-refractivity contribution in [2.45, 2.75) is 44.7 Å². The normalized spacial score (nSPS) is 23.1. The van der Waals surface area contributed by atoms with Crippen molar-refractivity contribution in [3.05, 3.63) is 16.1 Å². The van der Waals surface area contributed by atoms with Crippen molar-refractivity contribution in [3.63, 3.8) is 0 Å². The maximum absolute atomic E-state index is 4.57. The Balaban J connectivity index is 1.89. The van der Waals surface area contributed by atoms with E-state index in [9.17, 15) is 0 Å². The monoisotopic (exact) mass is 253 g/mol. The van der Waals surface area contributed by atoms with Crippen molar-refractivity contribution >= 4 is 11.3 Å². The van der Waals surface area contributed by atoms with E-state index in [0.717, 1.165) is 18.9 Å². The van der Waals surface area contributed by atoms with Crippen LogP contribution in [0.5, 0.6) is 0 Å². The number of nitrogens with zero attached hydrogens (tertiary/aromatic N) is 2. The van der Waals surface area contributed by atoms with Gasteiger partial charge in [0.05, 0.1) is 5.01 Å². The van der Waals surface area contributed by atoms with Crippen LogP contribution < -0.4 is 5.32 Å². The van der Waals surface area contributed by atoms with Gasteiger partial charge in [-0.05, 0) is 46.8 Å². The fraction of sp³-hybridized carbons (Fsp3) is 0.769. The molecule has 2 atom stereocenters. The lowest BCUT2D eigenvalue weighted by Crippen LogP contribution is -2.26. The second-order valence-electron chi connectivity index (χ2n) is 5.09. The fourth-order valence-corrected chi connectivity index (χ4v) is 3.50. The van der Waals surface area contributed by atoms with Crippen LogP contribution in [-0.2, 0) is 12.8 Å². The summed E-state index contributed by atoms with van der Waals surface area (Å²) in [6, 6.07) is 1.26. The standard InChI is InChI=1S/C13H23N3S/c1-10(14-2)7-12-9-15-13(17-12)8-11-5-4-6-16(11)3/h9-11,14H,4-8H2,1-3H3. The highest BCUT2D eigenvalue weighted by molar-refractivity contribution is 7.11. The SMILES string of the molecule is CNC(C)Cc1cnc(CC2CCCN2C)s1. The maximum atomic E-state index is 4.57. The summed E-state index contributed by atoms with van der Waals surface area (Å²) in [5, 5.41) is 4.58. The van der Waals surface area contributed by atoms with Crippen LogP contribution in [0.15, 0.2) is 6.20 Å². The molecule has 1 saturated heterocycles. The lowest BCUT2D eigenvalue weighted by Gasteiger charge is -2.17. The summed E-state index contributed by atoms with van der Waals surface area (Å²) >= 11 is 1.89. The zero-order valence-electron chi connectivity index (χ0n) is 11.1. The molecule has 1 aliphatic rings. The van der Waals surface area contributed by atoms with Crippen molar-refractivity contribution < 1.29 is 0 Å². The Morgan fingerprint density at radius 3 is 3.12 bits per heavy atom. The third kappa shape index (κ3) is 3.50. The van der Waals surface area contributed by atoms with Crippen molar-refractivity contribution in [2.75, 3.05) is 20.6 Å². The number of nitrogens with one attached hydrogen (secondary N) is 1. The number of hydrogen-bond acceptors (Lipinski definition) is 4. The van der Waals surface area contributed by atoms with Gasteiger partial charge in [-0.3, -0.25) is 0 Å². The lowest BCUT2D eigenvalue weighted by atomic mass is 10.1. The van der Waals surface area contributed by atoms with Gasteiger partial charge in [-0.25, -0.2) is 4.98 Å². The van der Waals surface area contributed by atoms with Crippen LogP contribution in [0.3, 0.4) is 0 Å². The number of thiazole rings is 1. The van der Waals surface area contributed by atoms with Crippen LogP contribution in [0, 0.1) is 0 Å². The molecule has 0 aliphatic carbocycles. The molecule has 17 heavy (non-hydrogen) atoms. The molecule has 1 aliphatic heterocycles. The number of hydrogen-bond donors (Lipinski definition) is 1. The van der Waals surface area contributed by atoms with E-state index in [1.807, 2.05) is 18.4 Å². The first-order valence-corrected chi connectivity index (χ1v) is 7.31. The number of likely N-dealkylation sites (tertiary alicyclic amines) is 1. The minimum absolute atomic E-state index is 0.539. The zero-order valence-corrected chi connectivity index (χ0v) is 11.9. The first-order valence-electron chi connectivity index (χ1n) is 6.50. The summed E-state index contributed by atoms with van der Waals surface area (Å²) < 4.78 is 0. The Hall–Kier alpha value is -0.450. The van der Waals surface area contributed by atoms with E-state index in [2.05, 4.69) is 35.4 Å². The number of likely N-dealkylation sites (N-methyl/N-ethyl adjacent to an activating group) is 2. The van der Waals surface area contributed by atoms with Gasteiger partial charge >= 0.3 is 0 Å². The summed E-state index contributed by atoms with van der Waals surface area (Å²) in [5.41, 5.74) is 0. The van der Waals surface area contributed by atoms with Crippen molar-refractivity contribution in [1.82, 2.24) is 15.2 Å². The van der Waals surface area contributed by atoms with Gasteiger partial charge in [0.15, 0.2) is 0 Å². The molecular weight excluding hydrogens is 230 g/mol. The molecule has 1 aromatic rings. The fourth-order valence-electron chi connectivity index (χ4n) is 2.38. The Labute approximate surface area is 108 Å². The largest absolute Gasteiger partial charge is 0.317 e. The van der Waals surface area contributed by atoms with E-state index < -0.39 is 0 Å². The Bertz CT molecular complexity index is 350. The minimum Gasteiger partial charge on any atom is -0.317 e. The number of rotatable bonds is 5. The second-order valence-corrected chi connectivity index (χ2v) is 6.29. The number of aromatic nitrogens is 1. The van der Waals surface area contributed by atoms with Gasteiger partial charge in [-0.2, -0.15) is 0 Å². The molecule has 0 spiro atoms. The summed E-state index contributed by atoms with van der Waals surface area (Å²) in [4.78, 5) is 8.44. The average molecular weight is 253 g/mol. The van der Waals surface area contributed by atoms with E-state index in [1.165, 1.54) is 29.3 Å². The Kier molecular flexibility index (Phi) is 4.54. The highest BCUT2D eigenvalue weighted by Gasteiger charge is 2.22. The predicted molar refractivity (Wildman–Crippen MR) is 73.7 cm³/mol. The molecule has 0 aromatic carbocycles. The van der Waals surface area contributed by atoms with Gasteiger partial charge in [0.2, 0.25) is 0 Å². The maximum Gasteiger partial charge on any atom is 0.0943 e. The molecule has 2 heterocycles. The molecule has 0 amide bonds. The Morgan fingerprint density at radius 2 is 2.47 bits per heavy atom. The van der Waals surface area contributed by atoms with Crippen LogP contribution in [0.4, 0.5) is 0 Å². The van der Waals surface area contributed by atoms with Crippen LogP contribution in [-0.4, -0.2) is 42.6 Å². The van der Waals surface area contributed by atoms with Gasteiger partial charge < -0.3 is 10.2 Å². The molecule has 2 unspecified atom stereocenters. The zero-order chi connectivity index (χ0) is 12.3. The first-order chi connectivity index (χ1) is 8.19. The van der Waals surface area contributed by atoms with Crippen LogP contribution in [0.25, 0.3) is 0 Å². The molecule has 4 heteroatoms. The molecule has 1 N–H and O–H groups in total. The molecule has 3 nitrogen and oxygen atoms in total. The highest BCUT2D eigenvalue weighted by atomic mass is 32.1. The van der Waals surface area contributed by atoms with Gasteiger partial charge in [-0.1, -0.05) is 0 Å². The van der Waals surface area contributed by atoms with Crippen LogP contribution in [0.2, 0.25) is 0 Å². The van der Waals surface area contributed by atoms with E-state index >= 15 is 0 Å². The average Bonchev–Trinajstić information content (AvgIpc) is 2.90. The predicted octanol–water partition coefficient (Wildman–Crippen LogP) is 1.93. The molecule has 0 radical (unpaired) electrons. The van der Waals surface area contributed by atoms with Gasteiger partial charge in [-0.15, -0.1) is 11.3 Å². The summed E-state index contributed by atoms with van der Waals surface area (Å²) in [5.74, 6) is 0. The van der Waals surface area contributed by atoms with Crippen molar-refractivity contribution in [2.24, 2.45) is 0 Å². The molecule has 0 bridgehead atoms. The smallest absolute Gasteiger partial charge is 0.0943 e. The van der Waals surface area contributed by atoms with E-state index in [0.29, 0.717) is 6.04 Å². The molecule has 1 aromatic heterocycles. The van der Waals surface area contributed by atoms with Crippen molar-refractivity contribution in [3.8, 4) is 0 Å². The highest BCUT2D eigenvalue weighted by Crippen LogP contribution is 2.22. The molecule has 2 rings (SSSR count).